The zero-order chi connectivity index (χ0) is 18.8. The Balaban J connectivity index is 1.55. The van der Waals surface area contributed by atoms with Gasteiger partial charge in [0, 0.05) is 24.4 Å². The van der Waals surface area contributed by atoms with Crippen molar-refractivity contribution in [2.45, 2.75) is 58.0 Å². The lowest BCUT2D eigenvalue weighted by Crippen LogP contribution is -2.48. The van der Waals surface area contributed by atoms with Crippen LogP contribution in [0.2, 0.25) is 0 Å². The van der Waals surface area contributed by atoms with Gasteiger partial charge in [0.15, 0.2) is 5.82 Å². The van der Waals surface area contributed by atoms with Crippen LogP contribution in [-0.2, 0) is 4.79 Å². The highest BCUT2D eigenvalue weighted by atomic mass is 16.2. The summed E-state index contributed by atoms with van der Waals surface area (Å²) in [5.41, 5.74) is 1.88. The van der Waals surface area contributed by atoms with Crippen LogP contribution in [0.3, 0.4) is 0 Å². The molecule has 2 aliphatic rings. The van der Waals surface area contributed by atoms with Crippen molar-refractivity contribution >= 4 is 17.5 Å². The number of anilines is 2. The fraction of sp³-hybridized carbons (Fsp3) is 0.579. The van der Waals surface area contributed by atoms with Crippen molar-refractivity contribution in [2.75, 3.05) is 18.4 Å². The van der Waals surface area contributed by atoms with Crippen LogP contribution >= 0.6 is 0 Å². The van der Waals surface area contributed by atoms with Crippen molar-refractivity contribution in [1.29, 1.82) is 0 Å². The summed E-state index contributed by atoms with van der Waals surface area (Å²) in [5, 5.41) is 13.7. The Morgan fingerprint density at radius 3 is 2.78 bits per heavy atom. The van der Waals surface area contributed by atoms with E-state index in [0.717, 1.165) is 62.4 Å². The maximum Gasteiger partial charge on any atom is 0.240 e. The number of rotatable bonds is 4. The molecule has 0 saturated carbocycles. The number of likely N-dealkylation sites (tertiary alicyclic amines) is 1. The molecular weight excluding hydrogens is 342 g/mol. The Bertz CT molecular complexity index is 812. The van der Waals surface area contributed by atoms with Crippen molar-refractivity contribution in [1.82, 2.24) is 30.4 Å². The first kappa shape index (κ1) is 17.9. The first-order valence-corrected chi connectivity index (χ1v) is 9.78. The average molecular weight is 369 g/mol. The lowest BCUT2D eigenvalue weighted by Gasteiger charge is -2.31. The van der Waals surface area contributed by atoms with Gasteiger partial charge in [-0.25, -0.2) is 9.97 Å². The van der Waals surface area contributed by atoms with E-state index >= 15 is 0 Å². The van der Waals surface area contributed by atoms with E-state index in [1.54, 1.807) is 0 Å². The lowest BCUT2D eigenvalue weighted by molar-refractivity contribution is -0.135. The predicted molar refractivity (Wildman–Crippen MR) is 103 cm³/mol. The third-order valence-electron chi connectivity index (χ3n) is 5.31. The number of piperidine rings is 1. The number of carbonyl (C=O) groups excluding carboxylic acids is 1. The van der Waals surface area contributed by atoms with E-state index in [1.807, 2.05) is 30.9 Å². The molecule has 2 aromatic rings. The summed E-state index contributed by atoms with van der Waals surface area (Å²) in [7, 11) is 0. The summed E-state index contributed by atoms with van der Waals surface area (Å²) >= 11 is 0. The first-order chi connectivity index (χ1) is 13.1. The van der Waals surface area contributed by atoms with Gasteiger partial charge in [0.25, 0.3) is 0 Å². The monoisotopic (exact) mass is 369 g/mol. The summed E-state index contributed by atoms with van der Waals surface area (Å²) in [6.45, 7) is 5.56. The number of hydrogen-bond donors (Lipinski definition) is 3. The summed E-state index contributed by atoms with van der Waals surface area (Å²) in [5.74, 6) is 2.34. The second-order valence-electron chi connectivity index (χ2n) is 7.48. The van der Waals surface area contributed by atoms with Crippen LogP contribution in [-0.4, -0.2) is 50.1 Å². The van der Waals surface area contributed by atoms with Gasteiger partial charge in [-0.1, -0.05) is 6.42 Å². The van der Waals surface area contributed by atoms with Crippen LogP contribution in [0.25, 0.3) is 0 Å². The van der Waals surface area contributed by atoms with E-state index in [2.05, 4.69) is 30.8 Å². The molecule has 2 fully saturated rings. The predicted octanol–water partition coefficient (Wildman–Crippen LogP) is 2.37. The highest BCUT2D eigenvalue weighted by Gasteiger charge is 2.35. The second kappa shape index (κ2) is 7.64. The van der Waals surface area contributed by atoms with Crippen molar-refractivity contribution in [3.05, 3.63) is 29.3 Å². The number of aryl methyl sites for hydroxylation is 2. The summed E-state index contributed by atoms with van der Waals surface area (Å²) in [6, 6.07) is 3.84. The smallest absolute Gasteiger partial charge is 0.240 e. The normalized spacial score (nSPS) is 22.8. The van der Waals surface area contributed by atoms with E-state index in [0.29, 0.717) is 11.6 Å². The van der Waals surface area contributed by atoms with Crippen molar-refractivity contribution in [3.63, 3.8) is 0 Å². The van der Waals surface area contributed by atoms with Crippen LogP contribution < -0.4 is 10.6 Å². The zero-order valence-corrected chi connectivity index (χ0v) is 16.0. The van der Waals surface area contributed by atoms with Crippen LogP contribution in [0.5, 0.6) is 0 Å². The lowest BCUT2D eigenvalue weighted by atomic mass is 10.0. The number of aromatic amines is 1. The third-order valence-corrected chi connectivity index (χ3v) is 5.31. The van der Waals surface area contributed by atoms with E-state index in [4.69, 9.17) is 0 Å². The Labute approximate surface area is 159 Å². The summed E-state index contributed by atoms with van der Waals surface area (Å²) in [4.78, 5) is 24.2. The number of hydrogen-bond acceptors (Lipinski definition) is 6. The highest BCUT2D eigenvalue weighted by molar-refractivity contribution is 5.82. The Morgan fingerprint density at radius 1 is 1.15 bits per heavy atom. The Hall–Kier alpha value is -2.48. The van der Waals surface area contributed by atoms with Crippen molar-refractivity contribution in [3.8, 4) is 0 Å². The zero-order valence-electron chi connectivity index (χ0n) is 16.0. The van der Waals surface area contributed by atoms with E-state index in [-0.39, 0.29) is 18.0 Å². The molecule has 4 rings (SSSR count). The standard InChI is InChI=1S/C19H27N7O/c1-12-10-18(25-24-12)23-17-11-15(21-13(2)22-17)16-7-5-9-26(16)19(27)14-6-3-4-8-20-14/h10-11,14,16,20H,3-9H2,1-2H3,(H2,21,22,23,24,25)/t14-,16-/m0/s1. The van der Waals surface area contributed by atoms with Gasteiger partial charge in [-0.05, 0) is 46.1 Å². The molecule has 8 heteroatoms. The fourth-order valence-corrected chi connectivity index (χ4v) is 4.04. The highest BCUT2D eigenvalue weighted by Crippen LogP contribution is 2.33. The number of carbonyl (C=O) groups is 1. The van der Waals surface area contributed by atoms with Gasteiger partial charge in [-0.15, -0.1) is 0 Å². The maximum absolute atomic E-state index is 13.0. The van der Waals surface area contributed by atoms with E-state index < -0.39 is 0 Å². The molecule has 0 aromatic carbocycles. The average Bonchev–Trinajstić information content (AvgIpc) is 3.30. The third kappa shape index (κ3) is 3.95. The molecule has 27 heavy (non-hydrogen) atoms. The topological polar surface area (TPSA) is 98.8 Å². The van der Waals surface area contributed by atoms with Crippen molar-refractivity contribution < 1.29 is 4.79 Å². The molecule has 2 aliphatic heterocycles. The molecule has 0 aliphatic carbocycles. The fourth-order valence-electron chi connectivity index (χ4n) is 4.04. The SMILES string of the molecule is Cc1nc(Nc2cc(C)[nH]n2)cc([C@@H]2CCCN2C(=O)[C@@H]2CCCCN2)n1. The quantitative estimate of drug-likeness (QED) is 0.765. The van der Waals surface area contributed by atoms with Crippen LogP contribution in [0.15, 0.2) is 12.1 Å². The van der Waals surface area contributed by atoms with E-state index in [1.165, 1.54) is 0 Å². The molecule has 144 valence electrons. The molecule has 4 heterocycles. The minimum atomic E-state index is -0.0492. The van der Waals surface area contributed by atoms with Crippen LogP contribution in [0.1, 0.15) is 55.4 Å². The van der Waals surface area contributed by atoms with Gasteiger partial charge < -0.3 is 15.5 Å². The summed E-state index contributed by atoms with van der Waals surface area (Å²) < 4.78 is 0. The molecule has 8 nitrogen and oxygen atoms in total. The molecule has 2 saturated heterocycles. The maximum atomic E-state index is 13.0. The summed E-state index contributed by atoms with van der Waals surface area (Å²) in [6.07, 6.45) is 5.14. The Morgan fingerprint density at radius 2 is 2.04 bits per heavy atom. The van der Waals surface area contributed by atoms with Gasteiger partial charge >= 0.3 is 0 Å². The van der Waals surface area contributed by atoms with Gasteiger partial charge in [-0.3, -0.25) is 9.89 Å². The molecule has 3 N–H and O–H groups in total. The second-order valence-corrected chi connectivity index (χ2v) is 7.48. The first-order valence-electron chi connectivity index (χ1n) is 9.78. The number of nitrogens with one attached hydrogen (secondary N) is 3. The molecule has 0 unspecified atom stereocenters. The molecule has 0 bridgehead atoms. The molecule has 0 spiro atoms. The minimum absolute atomic E-state index is 0.0180. The van der Waals surface area contributed by atoms with Gasteiger partial charge in [0.05, 0.1) is 17.8 Å². The molecule has 1 amide bonds. The molecular formula is C19H27N7O. The largest absolute Gasteiger partial charge is 0.333 e. The Kier molecular flexibility index (Phi) is 5.07. The number of aromatic nitrogens is 4. The van der Waals surface area contributed by atoms with E-state index in [9.17, 15) is 4.79 Å². The van der Waals surface area contributed by atoms with Gasteiger partial charge in [-0.2, -0.15) is 5.10 Å². The van der Waals surface area contributed by atoms with Crippen molar-refractivity contribution in [2.24, 2.45) is 0 Å². The molecule has 2 atom stereocenters. The van der Waals surface area contributed by atoms with Gasteiger partial charge in [0.2, 0.25) is 5.91 Å². The molecule has 2 aromatic heterocycles. The van der Waals surface area contributed by atoms with Crippen LogP contribution in [0, 0.1) is 13.8 Å². The number of nitrogens with zero attached hydrogens (tertiary/aromatic N) is 4. The molecule has 0 radical (unpaired) electrons. The minimum Gasteiger partial charge on any atom is -0.333 e. The number of H-pyrrole nitrogens is 1. The van der Waals surface area contributed by atoms with Gasteiger partial charge in [0.1, 0.15) is 11.6 Å². The van der Waals surface area contributed by atoms with Crippen LogP contribution in [0.4, 0.5) is 11.6 Å². The number of amides is 1.